The third-order valence-electron chi connectivity index (χ3n) is 26.1. The van der Waals surface area contributed by atoms with E-state index < -0.39 is 115 Å². The number of rotatable bonds is 38. The first-order chi connectivity index (χ1) is 61.4. The zero-order valence-electron chi connectivity index (χ0n) is 75.2. The lowest BCUT2D eigenvalue weighted by Crippen LogP contribution is -2.61. The molecule has 37 nitrogen and oxygen atoms in total. The van der Waals surface area contributed by atoms with Crippen LogP contribution in [-0.4, -0.2) is 297 Å². The standard InChI is InChI=1S/C91H130N20O17/c1-11-12-13-17-55(4)72(123-9)45-65-23-20-59(8)91(122,128-65)82(118)86(120)110-29-15-14-18-68(110)87(121)126-73(66(92)42-60-21-24-69(112)74(43-60)124-10)46-70(113)56(5)41-58(7)80(116)81(117)78(57(6)40-54(2)3)104-125-52-75(114)95-47-61-48-96-89(97-49-61)109-38-36-106(37-39-109)76(115)19-16-28-105-32-34-108(35-33-105)90-98-50-63(51-99-90)85(119)107-30-26-64(27-31-107)111-84-77(83(93)100-53-101-84)79(103-111)62-22-25-71-67(44-62)102-88(94)127-71/h11-13,17,22,25,41,44,48-51,53-54,56-57,59-60,64-66,68-70,72-74,80-81,112-113,116-117,122H,1,14-16,18-21,23-24,26-40,42-43,45-47,52,92H2,2-10H3,(H2,94,102)(H,95,114)(H2,93,100,101)/b13-12+,55-17+,58-41+,104-78+/t56-,57-,59-,60+,65+,66-,68+,69-,70-,72+,73+,74-,80-,81+,91-/m1/s1. The van der Waals surface area contributed by atoms with Gasteiger partial charge < -0.3 is 101 Å². The molecule has 6 aromatic rings. The molecule has 6 aliphatic rings. The highest BCUT2D eigenvalue weighted by Gasteiger charge is 2.53. The Balaban J connectivity index is 0.564. The van der Waals surface area contributed by atoms with Gasteiger partial charge in [0.15, 0.2) is 17.8 Å². The minimum atomic E-state index is -2.49. The van der Waals surface area contributed by atoms with Crippen molar-refractivity contribution in [1.29, 1.82) is 0 Å². The van der Waals surface area contributed by atoms with Crippen LogP contribution in [0.3, 0.4) is 0 Å². The van der Waals surface area contributed by atoms with Gasteiger partial charge in [0.25, 0.3) is 29.5 Å². The number of amides is 4. The number of allylic oxidation sites excluding steroid dienone is 4. The second-order valence-electron chi connectivity index (χ2n) is 35.7. The SMILES string of the molecule is C=C/C=C/C=C(\C)[C@H](C[C@@H]1CC[C@@H](C)[C@](O)(C(=O)C(=O)N2CCCC[C@H]2C(=O)O[C@@H](C[C@@H](O)[C@H](C)/C=C(\C)[C@@H](O)[C@@H](O)/C(=N/OCC(=O)NCc2cnc(N3CCN(C(=O)CCCN4CCN(c5ncc(C(=O)N6CCC(n7nc(-c8ccc9oc(N)nc9c8)c8c(N)ncnc87)CC6)cn5)CC4)CC3)nc2)[C@H](C)CC(C)C)[C@H](N)C[C@@H]2CC[C@@H](O)[C@H](OC)C2)O1)OC. The minimum absolute atomic E-state index is 0.0194. The van der Waals surface area contributed by atoms with Crippen LogP contribution in [-0.2, 0) is 54.3 Å². The zero-order chi connectivity index (χ0) is 91.6. The number of ether oxygens (including phenoxy) is 4. The van der Waals surface area contributed by atoms with Crippen molar-refractivity contribution in [2.75, 3.05) is 121 Å². The largest absolute Gasteiger partial charge is 0.459 e. The van der Waals surface area contributed by atoms with Crippen LogP contribution >= 0.6 is 0 Å². The number of hydrogen-bond donors (Lipinski definition) is 9. The van der Waals surface area contributed by atoms with Crippen LogP contribution in [0.25, 0.3) is 33.4 Å². The first-order valence-corrected chi connectivity index (χ1v) is 45.1. The number of likely N-dealkylation sites (tertiary alicyclic amines) is 2. The number of aliphatic hydroxyl groups excluding tert-OH is 4. The highest BCUT2D eigenvalue weighted by Crippen LogP contribution is 2.40. The van der Waals surface area contributed by atoms with Gasteiger partial charge in [-0.1, -0.05) is 76.7 Å². The summed E-state index contributed by atoms with van der Waals surface area (Å²) in [5.74, 6) is -6.66. The van der Waals surface area contributed by atoms with Crippen LogP contribution in [0.1, 0.15) is 173 Å². The van der Waals surface area contributed by atoms with E-state index in [1.54, 1.807) is 77.0 Å². The molecule has 37 heteroatoms. The van der Waals surface area contributed by atoms with Crippen LogP contribution < -0.4 is 32.3 Å². The zero-order valence-corrected chi connectivity index (χ0v) is 75.2. The monoisotopic (exact) mass is 1770 g/mol. The summed E-state index contributed by atoms with van der Waals surface area (Å²) in [6.45, 7) is 22.8. The number of carbonyl (C=O) groups excluding carboxylic acids is 6. The van der Waals surface area contributed by atoms with E-state index in [1.165, 1.54) is 13.4 Å². The molecule has 0 radical (unpaired) electrons. The van der Waals surface area contributed by atoms with Crippen molar-refractivity contribution in [2.24, 2.45) is 40.5 Å². The number of nitrogen functional groups attached to an aromatic ring is 2. The number of fused-ring (bicyclic) bond motifs is 2. The van der Waals surface area contributed by atoms with Gasteiger partial charge in [-0.2, -0.15) is 10.1 Å². The van der Waals surface area contributed by atoms with Gasteiger partial charge in [-0.25, -0.2) is 39.4 Å². The molecule has 0 unspecified atom stereocenters. The fourth-order valence-corrected chi connectivity index (χ4v) is 18.4. The fraction of sp³-hybridized carbons (Fsp3) is 0.615. The number of Topliss-reactive ketones (excluding diaryl/α,β-unsaturated/α-hetero) is 1. The first kappa shape index (κ1) is 96.7. The molecule has 10 heterocycles. The smallest absolute Gasteiger partial charge is 0.329 e. The van der Waals surface area contributed by atoms with Crippen molar-refractivity contribution < 1.29 is 82.5 Å². The molecule has 6 fully saturated rings. The number of nitrogens with zero attached hydrogens (tertiary/aromatic N) is 16. The highest BCUT2D eigenvalue weighted by molar-refractivity contribution is 6.39. The minimum Gasteiger partial charge on any atom is -0.459 e. The maximum Gasteiger partial charge on any atom is 0.329 e. The number of aromatic nitrogens is 9. The summed E-state index contributed by atoms with van der Waals surface area (Å²) in [5.41, 5.74) is 24.7. The normalized spacial score (nSPS) is 23.5. The molecule has 12 rings (SSSR count). The van der Waals surface area contributed by atoms with Crippen LogP contribution in [0.2, 0.25) is 0 Å². The number of esters is 1. The molecule has 696 valence electrons. The van der Waals surface area contributed by atoms with E-state index in [1.807, 2.05) is 71.4 Å². The highest BCUT2D eigenvalue weighted by atomic mass is 16.6. The number of methoxy groups -OCH3 is 2. The number of aliphatic hydroxyl groups is 5. The lowest BCUT2D eigenvalue weighted by atomic mass is 9.80. The van der Waals surface area contributed by atoms with Crippen LogP contribution in [0.4, 0.5) is 23.7 Å². The number of oxime groups is 1. The number of benzene rings is 1. The molecule has 0 spiro atoms. The second kappa shape index (κ2) is 44.8. The van der Waals surface area contributed by atoms with Crippen LogP contribution in [0, 0.1) is 29.6 Å². The van der Waals surface area contributed by atoms with Gasteiger partial charge in [0, 0.05) is 172 Å². The summed E-state index contributed by atoms with van der Waals surface area (Å²) in [4.78, 5) is 133. The molecule has 0 bridgehead atoms. The third-order valence-corrected chi connectivity index (χ3v) is 26.1. The lowest BCUT2D eigenvalue weighted by molar-refractivity contribution is -0.265. The average molecular weight is 1780 g/mol. The van der Waals surface area contributed by atoms with Crippen LogP contribution in [0.5, 0.6) is 0 Å². The summed E-state index contributed by atoms with van der Waals surface area (Å²) < 4.78 is 31.2. The number of hydrogen-bond acceptors (Lipinski definition) is 32. The average Bonchev–Trinajstić information content (AvgIpc) is 1.46. The molecule has 12 N–H and O–H groups in total. The second-order valence-corrected chi connectivity index (χ2v) is 35.7. The maximum absolute atomic E-state index is 14.7. The quantitative estimate of drug-likeness (QED) is 0.00521. The van der Waals surface area contributed by atoms with Gasteiger partial charge in [-0.05, 0) is 145 Å². The number of piperidine rings is 2. The van der Waals surface area contributed by atoms with Crippen molar-refractivity contribution in [3.63, 3.8) is 0 Å². The Labute approximate surface area is 747 Å². The van der Waals surface area contributed by atoms with Crippen LogP contribution in [0.15, 0.2) is 107 Å². The van der Waals surface area contributed by atoms with Crippen molar-refractivity contribution in [3.05, 3.63) is 109 Å². The topological polar surface area (TPSA) is 493 Å². The third kappa shape index (κ3) is 24.2. The Hall–Kier alpha value is -10.3. The molecule has 5 aromatic heterocycles. The van der Waals surface area contributed by atoms with E-state index in [2.05, 4.69) is 61.7 Å². The summed E-state index contributed by atoms with van der Waals surface area (Å²) in [6, 6.07) is 3.43. The van der Waals surface area contributed by atoms with Gasteiger partial charge in [0.05, 0.1) is 53.2 Å². The summed E-state index contributed by atoms with van der Waals surface area (Å²) in [6.07, 6.45) is 15.8. The van der Waals surface area contributed by atoms with E-state index >= 15 is 0 Å². The Morgan fingerprint density at radius 3 is 2.18 bits per heavy atom. The van der Waals surface area contributed by atoms with Gasteiger partial charge in [0.2, 0.25) is 23.6 Å². The van der Waals surface area contributed by atoms with Crippen molar-refractivity contribution in [2.45, 2.75) is 230 Å². The van der Waals surface area contributed by atoms with Gasteiger partial charge in [-0.15, -0.1) is 0 Å². The molecule has 4 amide bonds. The summed E-state index contributed by atoms with van der Waals surface area (Å²) in [7, 11) is 3.09. The molecule has 5 saturated heterocycles. The fourth-order valence-electron chi connectivity index (χ4n) is 18.4. The molecular weight excluding hydrogens is 1650 g/mol. The molecular formula is C91H130N20O17. The van der Waals surface area contributed by atoms with E-state index in [-0.39, 0.29) is 72.9 Å². The van der Waals surface area contributed by atoms with E-state index in [4.69, 9.17) is 50.5 Å². The van der Waals surface area contributed by atoms with E-state index in [9.17, 15) is 54.3 Å². The molecule has 1 saturated carbocycles. The first-order valence-electron chi connectivity index (χ1n) is 45.1. The maximum atomic E-state index is 14.7. The number of nitrogens with two attached hydrogens (primary N) is 3. The number of nitrogens with one attached hydrogen (secondary N) is 1. The van der Waals surface area contributed by atoms with Crippen molar-refractivity contribution in [3.8, 4) is 11.3 Å². The van der Waals surface area contributed by atoms with Gasteiger partial charge in [0.1, 0.15) is 47.7 Å². The number of anilines is 4. The molecule has 128 heavy (non-hydrogen) atoms. The molecule has 1 aliphatic carbocycles. The van der Waals surface area contributed by atoms with Gasteiger partial charge >= 0.3 is 5.97 Å². The lowest BCUT2D eigenvalue weighted by Gasteiger charge is -2.42. The summed E-state index contributed by atoms with van der Waals surface area (Å²) >= 11 is 0. The molecule has 5 aliphatic heterocycles. The Kier molecular flexibility index (Phi) is 33.8. The molecule has 15 atom stereocenters. The number of oxazole rings is 1. The van der Waals surface area contributed by atoms with Crippen molar-refractivity contribution in [1.82, 2.24) is 69.6 Å². The predicted molar refractivity (Wildman–Crippen MR) is 479 cm³/mol. The predicted octanol–water partition coefficient (Wildman–Crippen LogP) is 6.19. The van der Waals surface area contributed by atoms with Crippen molar-refractivity contribution >= 4 is 87.0 Å². The Morgan fingerprint density at radius 2 is 1.49 bits per heavy atom. The summed E-state index contributed by atoms with van der Waals surface area (Å²) in [5, 5.41) is 71.2. The Bertz CT molecular complexity index is 4890. The molecule has 1 aromatic carbocycles. The van der Waals surface area contributed by atoms with E-state index in [0.717, 1.165) is 35.7 Å². The number of ketones is 1. The number of piperazine rings is 2. The van der Waals surface area contributed by atoms with E-state index in [0.29, 0.717) is 199 Å². The Morgan fingerprint density at radius 1 is 0.789 bits per heavy atom. The number of carbonyl (C=O) groups is 6. The van der Waals surface area contributed by atoms with Gasteiger partial charge in [-0.3, -0.25) is 28.9 Å².